The van der Waals surface area contributed by atoms with E-state index in [1.54, 1.807) is 10.9 Å². The minimum Gasteiger partial charge on any atom is -0.493 e. The van der Waals surface area contributed by atoms with Crippen molar-refractivity contribution in [3.05, 3.63) is 48.3 Å². The second kappa shape index (κ2) is 6.51. The molecule has 2 aromatic rings. The van der Waals surface area contributed by atoms with Crippen LogP contribution in [0.15, 0.2) is 42.7 Å². The third kappa shape index (κ3) is 3.39. The Morgan fingerprint density at radius 3 is 3.14 bits per heavy atom. The number of nitrogens with one attached hydrogen (secondary N) is 2. The lowest BCUT2D eigenvalue weighted by Gasteiger charge is -2.27. The number of urea groups is 1. The van der Waals surface area contributed by atoms with Crippen molar-refractivity contribution in [1.29, 1.82) is 0 Å². The van der Waals surface area contributed by atoms with Gasteiger partial charge in [0.1, 0.15) is 5.75 Å². The van der Waals surface area contributed by atoms with Crippen LogP contribution in [-0.2, 0) is 6.54 Å². The summed E-state index contributed by atoms with van der Waals surface area (Å²) < 4.78 is 7.40. The van der Waals surface area contributed by atoms with Crippen molar-refractivity contribution in [3.63, 3.8) is 0 Å². The van der Waals surface area contributed by atoms with Gasteiger partial charge in [0.15, 0.2) is 0 Å². The highest BCUT2D eigenvalue weighted by Gasteiger charge is 2.22. The minimum absolute atomic E-state index is 0.00464. The van der Waals surface area contributed by atoms with Crippen molar-refractivity contribution >= 4 is 6.03 Å². The van der Waals surface area contributed by atoms with Crippen molar-refractivity contribution in [1.82, 2.24) is 20.4 Å². The Bertz CT molecular complexity index is 627. The highest BCUT2D eigenvalue weighted by Crippen LogP contribution is 2.31. The molecule has 1 aromatic heterocycles. The molecule has 2 amide bonds. The molecule has 1 aliphatic rings. The van der Waals surface area contributed by atoms with Crippen molar-refractivity contribution in [3.8, 4) is 5.75 Å². The van der Waals surface area contributed by atoms with Crippen LogP contribution in [0.3, 0.4) is 0 Å². The van der Waals surface area contributed by atoms with Crippen molar-refractivity contribution in [2.75, 3.05) is 6.61 Å². The Balaban J connectivity index is 1.56. The molecule has 0 aliphatic carbocycles. The third-order valence-corrected chi connectivity index (χ3v) is 3.66. The first-order chi connectivity index (χ1) is 10.7. The highest BCUT2D eigenvalue weighted by atomic mass is 16.5. The van der Waals surface area contributed by atoms with E-state index in [-0.39, 0.29) is 18.1 Å². The lowest BCUT2D eigenvalue weighted by Crippen LogP contribution is -2.44. The van der Waals surface area contributed by atoms with Gasteiger partial charge in [0, 0.05) is 30.4 Å². The summed E-state index contributed by atoms with van der Waals surface area (Å²) >= 11 is 0. The highest BCUT2D eigenvalue weighted by molar-refractivity contribution is 5.75. The molecule has 0 fully saturated rings. The Morgan fingerprint density at radius 1 is 1.45 bits per heavy atom. The SMILES string of the molecule is C[C@@H](Cn1cccn1)NC(=O)N[C@H]1CCOc2ccccc21. The van der Waals surface area contributed by atoms with Crippen molar-refractivity contribution in [2.45, 2.75) is 32.0 Å². The first-order valence-electron chi connectivity index (χ1n) is 7.48. The average Bonchev–Trinajstić information content (AvgIpc) is 3.00. The predicted molar refractivity (Wildman–Crippen MR) is 82.7 cm³/mol. The standard InChI is InChI=1S/C16H20N4O2/c1-12(11-20-9-4-8-17-20)18-16(21)19-14-7-10-22-15-6-3-2-5-13(14)15/h2-6,8-9,12,14H,7,10-11H2,1H3,(H2,18,19,21)/t12-,14-/m0/s1. The lowest BCUT2D eigenvalue weighted by atomic mass is 10.0. The maximum absolute atomic E-state index is 12.2. The molecule has 0 radical (unpaired) electrons. The summed E-state index contributed by atoms with van der Waals surface area (Å²) in [6.45, 7) is 3.22. The lowest BCUT2D eigenvalue weighted by molar-refractivity contribution is 0.219. The van der Waals surface area contributed by atoms with Crippen molar-refractivity contribution in [2.24, 2.45) is 0 Å². The van der Waals surface area contributed by atoms with Gasteiger partial charge in [-0.2, -0.15) is 5.10 Å². The maximum atomic E-state index is 12.2. The molecule has 0 saturated heterocycles. The van der Waals surface area contributed by atoms with E-state index in [1.807, 2.05) is 43.5 Å². The molecule has 0 bridgehead atoms. The average molecular weight is 300 g/mol. The van der Waals surface area contributed by atoms with Crippen LogP contribution in [0, 0.1) is 0 Å². The third-order valence-electron chi connectivity index (χ3n) is 3.66. The van der Waals surface area contributed by atoms with E-state index in [4.69, 9.17) is 4.74 Å². The van der Waals surface area contributed by atoms with Crippen LogP contribution in [0.25, 0.3) is 0 Å². The van der Waals surface area contributed by atoms with Gasteiger partial charge in [-0.1, -0.05) is 18.2 Å². The molecule has 1 aromatic carbocycles. The second-order valence-corrected chi connectivity index (χ2v) is 5.47. The summed E-state index contributed by atoms with van der Waals surface area (Å²) in [5.74, 6) is 0.851. The Morgan fingerprint density at radius 2 is 2.32 bits per heavy atom. The van der Waals surface area contributed by atoms with Gasteiger partial charge in [0.2, 0.25) is 0 Å². The van der Waals surface area contributed by atoms with Crippen LogP contribution in [0.4, 0.5) is 4.79 Å². The zero-order valence-corrected chi connectivity index (χ0v) is 12.5. The molecule has 1 aliphatic heterocycles. The van der Waals surface area contributed by atoms with Crippen LogP contribution >= 0.6 is 0 Å². The predicted octanol–water partition coefficient (Wildman–Crippen LogP) is 2.09. The fourth-order valence-corrected chi connectivity index (χ4v) is 2.65. The van der Waals surface area contributed by atoms with Crippen LogP contribution in [0.2, 0.25) is 0 Å². The molecular formula is C16H20N4O2. The monoisotopic (exact) mass is 300 g/mol. The van der Waals surface area contributed by atoms with E-state index in [0.29, 0.717) is 13.2 Å². The van der Waals surface area contributed by atoms with Crippen LogP contribution in [0.5, 0.6) is 5.75 Å². The van der Waals surface area contributed by atoms with Gasteiger partial charge in [-0.05, 0) is 19.1 Å². The summed E-state index contributed by atoms with van der Waals surface area (Å²) in [5.41, 5.74) is 1.03. The molecule has 22 heavy (non-hydrogen) atoms. The number of hydrogen-bond donors (Lipinski definition) is 2. The van der Waals surface area contributed by atoms with Crippen LogP contribution in [0.1, 0.15) is 24.9 Å². The number of amides is 2. The number of carbonyl (C=O) groups excluding carboxylic acids is 1. The number of nitrogens with zero attached hydrogens (tertiary/aromatic N) is 2. The van der Waals surface area contributed by atoms with Gasteiger partial charge in [0.05, 0.1) is 19.2 Å². The molecule has 2 atom stereocenters. The topological polar surface area (TPSA) is 68.2 Å². The fourth-order valence-electron chi connectivity index (χ4n) is 2.65. The molecule has 3 rings (SSSR count). The van der Waals surface area contributed by atoms with Crippen LogP contribution < -0.4 is 15.4 Å². The van der Waals surface area contributed by atoms with Crippen molar-refractivity contribution < 1.29 is 9.53 Å². The number of fused-ring (bicyclic) bond motifs is 1. The molecule has 0 saturated carbocycles. The Kier molecular flexibility index (Phi) is 4.27. The molecule has 2 N–H and O–H groups in total. The van der Waals surface area contributed by atoms with Crippen LogP contribution in [-0.4, -0.2) is 28.5 Å². The normalized spacial score (nSPS) is 18.0. The first kappa shape index (κ1) is 14.4. The number of para-hydroxylation sites is 1. The smallest absolute Gasteiger partial charge is 0.315 e. The summed E-state index contributed by atoms with van der Waals surface area (Å²) in [4.78, 5) is 12.2. The number of benzene rings is 1. The summed E-state index contributed by atoms with van der Waals surface area (Å²) in [7, 11) is 0. The molecular weight excluding hydrogens is 280 g/mol. The van der Waals surface area contributed by atoms with E-state index < -0.39 is 0 Å². The largest absolute Gasteiger partial charge is 0.493 e. The number of rotatable bonds is 4. The Labute approximate surface area is 129 Å². The van der Waals surface area contributed by atoms with E-state index in [2.05, 4.69) is 15.7 Å². The molecule has 6 nitrogen and oxygen atoms in total. The van der Waals surface area contributed by atoms with Gasteiger partial charge in [-0.15, -0.1) is 0 Å². The molecule has 0 spiro atoms. The quantitative estimate of drug-likeness (QED) is 0.908. The van der Waals surface area contributed by atoms with Gasteiger partial charge < -0.3 is 15.4 Å². The van der Waals surface area contributed by atoms with Gasteiger partial charge in [0.25, 0.3) is 0 Å². The molecule has 116 valence electrons. The number of hydrogen-bond acceptors (Lipinski definition) is 3. The zero-order valence-electron chi connectivity index (χ0n) is 12.5. The fraction of sp³-hybridized carbons (Fsp3) is 0.375. The van der Waals surface area contributed by atoms with E-state index in [1.165, 1.54) is 0 Å². The number of aromatic nitrogens is 2. The van der Waals surface area contributed by atoms with E-state index in [9.17, 15) is 4.79 Å². The summed E-state index contributed by atoms with van der Waals surface area (Å²) in [5, 5.41) is 10.1. The molecule has 6 heteroatoms. The maximum Gasteiger partial charge on any atom is 0.315 e. The molecule has 2 heterocycles. The second-order valence-electron chi connectivity index (χ2n) is 5.47. The minimum atomic E-state index is -0.165. The first-order valence-corrected chi connectivity index (χ1v) is 7.48. The molecule has 0 unspecified atom stereocenters. The van der Waals surface area contributed by atoms with E-state index >= 15 is 0 Å². The van der Waals surface area contributed by atoms with E-state index in [0.717, 1.165) is 17.7 Å². The Hall–Kier alpha value is -2.50. The van der Waals surface area contributed by atoms with Gasteiger partial charge >= 0.3 is 6.03 Å². The van der Waals surface area contributed by atoms with Gasteiger partial charge in [-0.3, -0.25) is 4.68 Å². The zero-order chi connectivity index (χ0) is 15.4. The van der Waals surface area contributed by atoms with Gasteiger partial charge in [-0.25, -0.2) is 4.79 Å². The number of ether oxygens (including phenoxy) is 1. The summed E-state index contributed by atoms with van der Waals surface area (Å²) in [6.07, 6.45) is 4.38. The summed E-state index contributed by atoms with van der Waals surface area (Å²) in [6, 6.07) is 9.51. The number of carbonyl (C=O) groups is 1.